The number of nitrogens with two attached hydrogens (primary N) is 1. The zero-order chi connectivity index (χ0) is 11.5. The van der Waals surface area contributed by atoms with E-state index >= 15 is 0 Å². The molecular weight excluding hydrogens is 204 g/mol. The Morgan fingerprint density at radius 3 is 3.00 bits per heavy atom. The molecule has 0 fully saturated rings. The van der Waals surface area contributed by atoms with Gasteiger partial charge in [-0.15, -0.1) is 0 Å². The van der Waals surface area contributed by atoms with Gasteiger partial charge in [-0.2, -0.15) is 0 Å². The van der Waals surface area contributed by atoms with Gasteiger partial charge in [0, 0.05) is 17.1 Å². The van der Waals surface area contributed by atoms with Gasteiger partial charge in [0.1, 0.15) is 5.75 Å². The minimum absolute atomic E-state index is 0.619. The topological polar surface area (TPSA) is 71.3 Å². The lowest BCUT2D eigenvalue weighted by molar-refractivity contribution is -0.000186. The summed E-state index contributed by atoms with van der Waals surface area (Å²) in [7, 11) is 0. The van der Waals surface area contributed by atoms with Gasteiger partial charge in [0.05, 0.1) is 0 Å². The largest absolute Gasteiger partial charge is 0.465 e. The van der Waals surface area contributed by atoms with Gasteiger partial charge in [-0.25, -0.2) is 0 Å². The van der Waals surface area contributed by atoms with Crippen LogP contribution in [0.5, 0.6) is 5.75 Å². The molecule has 2 aromatic rings. The fourth-order valence-corrected chi connectivity index (χ4v) is 1.79. The first kappa shape index (κ1) is 11.0. The molecule has 0 aliphatic heterocycles. The van der Waals surface area contributed by atoms with Crippen LogP contribution in [0, 0.1) is 0 Å². The zero-order valence-corrected chi connectivity index (χ0v) is 9.23. The fraction of sp³-hybridized carbons (Fsp3) is 0.333. The first-order valence-electron chi connectivity index (χ1n) is 5.35. The van der Waals surface area contributed by atoms with Gasteiger partial charge in [-0.1, -0.05) is 0 Å². The van der Waals surface area contributed by atoms with E-state index in [9.17, 15) is 0 Å². The first-order valence-corrected chi connectivity index (χ1v) is 5.35. The average Bonchev–Trinajstić information content (AvgIpc) is 2.61. The number of hydrogen-bond donors (Lipinski definition) is 3. The van der Waals surface area contributed by atoms with E-state index in [4.69, 9.17) is 15.6 Å². The molecule has 0 spiro atoms. The molecule has 1 aromatic heterocycles. The van der Waals surface area contributed by atoms with Gasteiger partial charge < -0.3 is 20.6 Å². The maximum absolute atomic E-state index is 9.15. The molecule has 2 rings (SSSR count). The number of nitrogens with one attached hydrogen (secondary N) is 1. The quantitative estimate of drug-likeness (QED) is 0.682. The summed E-state index contributed by atoms with van der Waals surface area (Å²) >= 11 is 0. The molecule has 0 amide bonds. The van der Waals surface area contributed by atoms with Gasteiger partial charge in [-0.05, 0) is 43.7 Å². The number of H-pyrrole nitrogens is 1. The number of fused-ring (bicyclic) bond motifs is 1. The summed E-state index contributed by atoms with van der Waals surface area (Å²) in [6.07, 6.45) is 2.00. The van der Waals surface area contributed by atoms with Crippen LogP contribution in [0.4, 0.5) is 0 Å². The Balaban J connectivity index is 2.37. The summed E-state index contributed by atoms with van der Waals surface area (Å²) in [4.78, 5) is 3.18. The molecule has 86 valence electrons. The van der Waals surface area contributed by atoms with Crippen LogP contribution in [0.1, 0.15) is 12.5 Å². The lowest BCUT2D eigenvalue weighted by Gasteiger charge is -2.08. The number of aromatic amines is 1. The zero-order valence-electron chi connectivity index (χ0n) is 9.23. The van der Waals surface area contributed by atoms with Gasteiger partial charge in [-0.3, -0.25) is 0 Å². The third-order valence-corrected chi connectivity index (χ3v) is 2.46. The number of benzene rings is 1. The Labute approximate surface area is 94.0 Å². The van der Waals surface area contributed by atoms with E-state index in [2.05, 4.69) is 4.98 Å². The minimum atomic E-state index is -0.797. The summed E-state index contributed by atoms with van der Waals surface area (Å²) in [5.41, 5.74) is 7.78. The molecule has 1 unspecified atom stereocenters. The van der Waals surface area contributed by atoms with Crippen LogP contribution in [-0.2, 0) is 6.42 Å². The molecular formula is C12H16N2O2. The third-order valence-electron chi connectivity index (χ3n) is 2.46. The second kappa shape index (κ2) is 4.55. The lowest BCUT2D eigenvalue weighted by atomic mass is 10.1. The molecule has 4 nitrogen and oxygen atoms in total. The number of aliphatic hydroxyl groups excluding tert-OH is 1. The van der Waals surface area contributed by atoms with E-state index in [-0.39, 0.29) is 0 Å². The van der Waals surface area contributed by atoms with Crippen molar-refractivity contribution < 1.29 is 9.84 Å². The van der Waals surface area contributed by atoms with Crippen molar-refractivity contribution in [2.45, 2.75) is 19.6 Å². The van der Waals surface area contributed by atoms with E-state index < -0.39 is 6.29 Å². The number of aliphatic hydroxyl groups is 1. The molecule has 16 heavy (non-hydrogen) atoms. The second-order valence-electron chi connectivity index (χ2n) is 3.78. The Hall–Kier alpha value is -1.52. The highest BCUT2D eigenvalue weighted by Crippen LogP contribution is 2.24. The summed E-state index contributed by atoms with van der Waals surface area (Å²) in [6.45, 7) is 2.20. The molecule has 0 aliphatic rings. The second-order valence-corrected chi connectivity index (χ2v) is 3.78. The monoisotopic (exact) mass is 220 g/mol. The van der Waals surface area contributed by atoms with Crippen molar-refractivity contribution >= 4 is 10.9 Å². The van der Waals surface area contributed by atoms with Crippen molar-refractivity contribution in [2.24, 2.45) is 5.73 Å². The Morgan fingerprint density at radius 2 is 2.31 bits per heavy atom. The van der Waals surface area contributed by atoms with Crippen molar-refractivity contribution in [3.63, 3.8) is 0 Å². The van der Waals surface area contributed by atoms with Crippen LogP contribution in [0.15, 0.2) is 24.4 Å². The predicted molar refractivity (Wildman–Crippen MR) is 63.4 cm³/mol. The highest BCUT2D eigenvalue weighted by Gasteiger charge is 2.05. The van der Waals surface area contributed by atoms with Gasteiger partial charge in [0.15, 0.2) is 6.29 Å². The molecule has 1 aromatic carbocycles. The van der Waals surface area contributed by atoms with Crippen LogP contribution in [-0.4, -0.2) is 22.9 Å². The standard InChI is InChI=1S/C12H16N2O2/c1-8(15)16-10-2-3-12-11(6-10)9(4-5-13)7-14-12/h2-3,6-8,14-15H,4-5,13H2,1H3. The fourth-order valence-electron chi connectivity index (χ4n) is 1.79. The summed E-state index contributed by atoms with van der Waals surface area (Å²) in [5.74, 6) is 0.667. The van der Waals surface area contributed by atoms with Crippen LogP contribution in [0.25, 0.3) is 10.9 Å². The first-order chi connectivity index (χ1) is 7.70. The van der Waals surface area contributed by atoms with E-state index in [0.717, 1.165) is 17.3 Å². The van der Waals surface area contributed by atoms with Crippen molar-refractivity contribution in [3.8, 4) is 5.75 Å². The molecule has 4 heteroatoms. The predicted octanol–water partition coefficient (Wildman–Crippen LogP) is 1.39. The molecule has 0 aliphatic carbocycles. The van der Waals surface area contributed by atoms with Crippen molar-refractivity contribution in [3.05, 3.63) is 30.0 Å². The van der Waals surface area contributed by atoms with Crippen LogP contribution >= 0.6 is 0 Å². The maximum atomic E-state index is 9.15. The van der Waals surface area contributed by atoms with Gasteiger partial charge in [0.25, 0.3) is 0 Å². The van der Waals surface area contributed by atoms with Crippen molar-refractivity contribution in [2.75, 3.05) is 6.54 Å². The molecule has 0 bridgehead atoms. The summed E-state index contributed by atoms with van der Waals surface area (Å²) in [5, 5.41) is 10.3. The van der Waals surface area contributed by atoms with E-state index in [1.54, 1.807) is 6.92 Å². The molecule has 1 heterocycles. The number of aromatic nitrogens is 1. The molecule has 0 radical (unpaired) electrons. The highest BCUT2D eigenvalue weighted by molar-refractivity contribution is 5.84. The smallest absolute Gasteiger partial charge is 0.194 e. The molecule has 0 saturated carbocycles. The minimum Gasteiger partial charge on any atom is -0.465 e. The highest BCUT2D eigenvalue weighted by atomic mass is 16.6. The maximum Gasteiger partial charge on any atom is 0.194 e. The van der Waals surface area contributed by atoms with Crippen molar-refractivity contribution in [1.29, 1.82) is 0 Å². The summed E-state index contributed by atoms with van der Waals surface area (Å²) < 4.78 is 5.24. The Kier molecular flexibility index (Phi) is 3.12. The number of ether oxygens (including phenoxy) is 1. The number of hydrogen-bond acceptors (Lipinski definition) is 3. The lowest BCUT2D eigenvalue weighted by Crippen LogP contribution is -2.09. The Bertz CT molecular complexity index is 477. The molecule has 1 atom stereocenters. The average molecular weight is 220 g/mol. The van der Waals surface area contributed by atoms with E-state index in [0.29, 0.717) is 12.3 Å². The van der Waals surface area contributed by atoms with Crippen LogP contribution < -0.4 is 10.5 Å². The van der Waals surface area contributed by atoms with E-state index in [1.807, 2.05) is 24.4 Å². The third kappa shape index (κ3) is 2.18. The van der Waals surface area contributed by atoms with Crippen molar-refractivity contribution in [1.82, 2.24) is 4.98 Å². The molecule has 4 N–H and O–H groups in total. The SMILES string of the molecule is CC(O)Oc1ccc2[nH]cc(CCN)c2c1. The van der Waals surface area contributed by atoms with Crippen LogP contribution in [0.3, 0.4) is 0 Å². The Morgan fingerprint density at radius 1 is 1.50 bits per heavy atom. The van der Waals surface area contributed by atoms with Gasteiger partial charge in [0.2, 0.25) is 0 Å². The summed E-state index contributed by atoms with van der Waals surface area (Å²) in [6, 6.07) is 5.69. The number of rotatable bonds is 4. The molecule has 0 saturated heterocycles. The van der Waals surface area contributed by atoms with E-state index in [1.165, 1.54) is 5.56 Å². The van der Waals surface area contributed by atoms with Gasteiger partial charge >= 0.3 is 0 Å². The van der Waals surface area contributed by atoms with Crippen LogP contribution in [0.2, 0.25) is 0 Å². The normalized spacial score (nSPS) is 12.9.